The molecule has 2 aromatic heterocycles. The average molecular weight is 290 g/mol. The number of hydrogen-bond acceptors (Lipinski definition) is 5. The lowest BCUT2D eigenvalue weighted by Gasteiger charge is -2.06. The molecule has 0 bridgehead atoms. The van der Waals surface area contributed by atoms with Crippen LogP contribution in [0.2, 0.25) is 0 Å². The third-order valence-corrected chi connectivity index (χ3v) is 3.64. The van der Waals surface area contributed by atoms with Gasteiger partial charge in [0.05, 0.1) is 18.9 Å². The molecular weight excluding hydrogens is 272 g/mol. The molecular formula is C14H18N4OS. The quantitative estimate of drug-likeness (QED) is 0.858. The number of aromatic nitrogens is 2. The zero-order valence-corrected chi connectivity index (χ0v) is 12.5. The smallest absolute Gasteiger partial charge is 0.271 e. The summed E-state index contributed by atoms with van der Waals surface area (Å²) in [4.78, 5) is 22.7. The minimum atomic E-state index is -0.205. The van der Waals surface area contributed by atoms with Crippen molar-refractivity contribution in [2.45, 2.75) is 26.8 Å². The van der Waals surface area contributed by atoms with E-state index in [9.17, 15) is 4.79 Å². The van der Waals surface area contributed by atoms with Crippen molar-refractivity contribution in [1.29, 1.82) is 0 Å². The van der Waals surface area contributed by atoms with Crippen LogP contribution in [0.1, 0.15) is 33.6 Å². The van der Waals surface area contributed by atoms with Gasteiger partial charge in [0, 0.05) is 16.3 Å². The van der Waals surface area contributed by atoms with Gasteiger partial charge in [-0.25, -0.2) is 4.98 Å². The number of anilines is 1. The highest BCUT2D eigenvalue weighted by molar-refractivity contribution is 7.11. The maximum atomic E-state index is 12.0. The summed E-state index contributed by atoms with van der Waals surface area (Å²) in [5.41, 5.74) is 0.333. The van der Waals surface area contributed by atoms with Gasteiger partial charge in [0.2, 0.25) is 0 Å². The molecule has 2 rings (SSSR count). The predicted octanol–water partition coefficient (Wildman–Crippen LogP) is 2.60. The first-order chi connectivity index (χ1) is 9.69. The maximum Gasteiger partial charge on any atom is 0.271 e. The van der Waals surface area contributed by atoms with Crippen LogP contribution in [-0.2, 0) is 6.54 Å². The van der Waals surface area contributed by atoms with Gasteiger partial charge >= 0.3 is 0 Å². The molecule has 0 unspecified atom stereocenters. The first-order valence-corrected chi connectivity index (χ1v) is 7.40. The van der Waals surface area contributed by atoms with E-state index in [1.165, 1.54) is 11.1 Å². The summed E-state index contributed by atoms with van der Waals surface area (Å²) in [6.07, 6.45) is 4.09. The summed E-state index contributed by atoms with van der Waals surface area (Å²) in [5, 5.41) is 5.97. The molecule has 5 nitrogen and oxygen atoms in total. The molecule has 6 heteroatoms. The van der Waals surface area contributed by atoms with E-state index < -0.39 is 0 Å². The largest absolute Gasteiger partial charge is 0.369 e. The van der Waals surface area contributed by atoms with Gasteiger partial charge in [0.15, 0.2) is 0 Å². The number of carbonyl (C=O) groups is 1. The lowest BCUT2D eigenvalue weighted by atomic mass is 10.4. The van der Waals surface area contributed by atoms with Crippen molar-refractivity contribution < 1.29 is 4.79 Å². The third kappa shape index (κ3) is 4.03. The molecule has 0 aliphatic heterocycles. The fourth-order valence-corrected chi connectivity index (χ4v) is 2.48. The summed E-state index contributed by atoms with van der Waals surface area (Å²) < 4.78 is 0. The van der Waals surface area contributed by atoms with Crippen LogP contribution in [0.3, 0.4) is 0 Å². The van der Waals surface area contributed by atoms with Crippen LogP contribution in [0.5, 0.6) is 0 Å². The first kappa shape index (κ1) is 14.5. The third-order valence-electron chi connectivity index (χ3n) is 2.64. The molecule has 0 radical (unpaired) electrons. The first-order valence-electron chi connectivity index (χ1n) is 6.58. The monoisotopic (exact) mass is 290 g/mol. The number of nitrogens with zero attached hydrogens (tertiary/aromatic N) is 2. The van der Waals surface area contributed by atoms with E-state index in [0.717, 1.165) is 17.8 Å². The Morgan fingerprint density at radius 1 is 1.35 bits per heavy atom. The fraction of sp³-hybridized carbons (Fsp3) is 0.357. The van der Waals surface area contributed by atoms with Gasteiger partial charge in [0.1, 0.15) is 11.5 Å². The SMILES string of the molecule is CCCNc1cncc(C(=O)NCc2ccc(C)s2)n1. The summed E-state index contributed by atoms with van der Waals surface area (Å²) in [6, 6.07) is 4.06. The van der Waals surface area contributed by atoms with Crippen LogP contribution in [0.15, 0.2) is 24.5 Å². The van der Waals surface area contributed by atoms with E-state index in [4.69, 9.17) is 0 Å². The van der Waals surface area contributed by atoms with Crippen molar-refractivity contribution in [3.05, 3.63) is 40.0 Å². The van der Waals surface area contributed by atoms with Gasteiger partial charge in [-0.15, -0.1) is 11.3 Å². The molecule has 0 fully saturated rings. The molecule has 0 atom stereocenters. The second-order valence-electron chi connectivity index (χ2n) is 4.41. The fourth-order valence-electron chi connectivity index (χ4n) is 1.65. The standard InChI is InChI=1S/C14H18N4OS/c1-3-6-16-13-9-15-8-12(18-13)14(19)17-7-11-5-4-10(2)20-11/h4-5,8-9H,3,6-7H2,1-2H3,(H,16,18)(H,17,19). The second kappa shape index (κ2) is 7.00. The number of amides is 1. The van der Waals surface area contributed by atoms with Crippen LogP contribution in [0.25, 0.3) is 0 Å². The van der Waals surface area contributed by atoms with Crippen LogP contribution >= 0.6 is 11.3 Å². The highest BCUT2D eigenvalue weighted by atomic mass is 32.1. The average Bonchev–Trinajstić information content (AvgIpc) is 2.88. The van der Waals surface area contributed by atoms with Crippen molar-refractivity contribution in [3.8, 4) is 0 Å². The van der Waals surface area contributed by atoms with Gasteiger partial charge < -0.3 is 10.6 Å². The Morgan fingerprint density at radius 2 is 2.20 bits per heavy atom. The molecule has 2 aromatic rings. The zero-order valence-electron chi connectivity index (χ0n) is 11.6. The number of carbonyl (C=O) groups excluding carboxylic acids is 1. The Kier molecular flexibility index (Phi) is 5.06. The second-order valence-corrected chi connectivity index (χ2v) is 5.78. The van der Waals surface area contributed by atoms with Gasteiger partial charge in [0.25, 0.3) is 5.91 Å². The summed E-state index contributed by atoms with van der Waals surface area (Å²) in [7, 11) is 0. The van der Waals surface area contributed by atoms with E-state index in [1.807, 2.05) is 19.1 Å². The molecule has 2 N–H and O–H groups in total. The summed E-state index contributed by atoms with van der Waals surface area (Å²) in [6.45, 7) is 5.45. The zero-order chi connectivity index (χ0) is 14.4. The van der Waals surface area contributed by atoms with E-state index in [1.54, 1.807) is 17.5 Å². The minimum Gasteiger partial charge on any atom is -0.369 e. The van der Waals surface area contributed by atoms with E-state index in [-0.39, 0.29) is 5.91 Å². The lowest BCUT2D eigenvalue weighted by Crippen LogP contribution is -2.24. The molecule has 1 amide bonds. The Morgan fingerprint density at radius 3 is 2.90 bits per heavy atom. The van der Waals surface area contributed by atoms with E-state index in [2.05, 4.69) is 27.5 Å². The predicted molar refractivity (Wildman–Crippen MR) is 81.0 cm³/mol. The number of rotatable bonds is 6. The molecule has 0 spiro atoms. The van der Waals surface area contributed by atoms with Crippen molar-refractivity contribution in [2.75, 3.05) is 11.9 Å². The highest BCUT2D eigenvalue weighted by Crippen LogP contribution is 2.14. The summed E-state index contributed by atoms with van der Waals surface area (Å²) >= 11 is 1.68. The Bertz CT molecular complexity index is 582. The summed E-state index contributed by atoms with van der Waals surface area (Å²) in [5.74, 6) is 0.426. The molecule has 0 aliphatic rings. The molecule has 106 valence electrons. The van der Waals surface area contributed by atoms with Gasteiger partial charge in [-0.2, -0.15) is 0 Å². The van der Waals surface area contributed by atoms with Gasteiger partial charge in [-0.1, -0.05) is 6.92 Å². The molecule has 0 saturated heterocycles. The topological polar surface area (TPSA) is 66.9 Å². The number of nitrogens with one attached hydrogen (secondary N) is 2. The van der Waals surface area contributed by atoms with Crippen LogP contribution in [0.4, 0.5) is 5.82 Å². The van der Waals surface area contributed by atoms with Crippen molar-refractivity contribution >= 4 is 23.1 Å². The van der Waals surface area contributed by atoms with Crippen molar-refractivity contribution in [1.82, 2.24) is 15.3 Å². The van der Waals surface area contributed by atoms with Crippen LogP contribution < -0.4 is 10.6 Å². The Balaban J connectivity index is 1.94. The van der Waals surface area contributed by atoms with E-state index in [0.29, 0.717) is 18.1 Å². The lowest BCUT2D eigenvalue weighted by molar-refractivity contribution is 0.0946. The van der Waals surface area contributed by atoms with Gasteiger partial charge in [-0.3, -0.25) is 9.78 Å². The number of hydrogen-bond donors (Lipinski definition) is 2. The number of aryl methyl sites for hydroxylation is 1. The van der Waals surface area contributed by atoms with Crippen LogP contribution in [-0.4, -0.2) is 22.4 Å². The van der Waals surface area contributed by atoms with Gasteiger partial charge in [-0.05, 0) is 25.5 Å². The van der Waals surface area contributed by atoms with Crippen LogP contribution in [0, 0.1) is 6.92 Å². The highest BCUT2D eigenvalue weighted by Gasteiger charge is 2.09. The molecule has 0 aliphatic carbocycles. The minimum absolute atomic E-state index is 0.205. The van der Waals surface area contributed by atoms with Crippen molar-refractivity contribution in [2.24, 2.45) is 0 Å². The molecule has 20 heavy (non-hydrogen) atoms. The van der Waals surface area contributed by atoms with E-state index >= 15 is 0 Å². The molecule has 0 aromatic carbocycles. The molecule has 2 heterocycles. The maximum absolute atomic E-state index is 12.0. The Hall–Kier alpha value is -1.95. The normalized spacial score (nSPS) is 10.3. The molecule has 0 saturated carbocycles. The Labute approximate surface area is 122 Å². The van der Waals surface area contributed by atoms with Crippen molar-refractivity contribution in [3.63, 3.8) is 0 Å². The number of thiophene rings is 1.